The molecule has 5 heteroatoms. The number of nitrogens with zero attached hydrogens (tertiary/aromatic N) is 1. The standard InChI is InChI=1S/C15H22ClNO3/c1-19-14-9-17(10-15(14)20-2)8-7-13(18)11-3-5-12(16)6-4-11/h3-6,13-15,18H,7-10H2,1-2H3. The average Bonchev–Trinajstić information content (AvgIpc) is 2.88. The molecule has 0 bridgehead atoms. The van der Waals surface area contributed by atoms with E-state index in [0.29, 0.717) is 11.4 Å². The molecule has 2 rings (SSSR count). The van der Waals surface area contributed by atoms with E-state index >= 15 is 0 Å². The summed E-state index contributed by atoms with van der Waals surface area (Å²) in [4.78, 5) is 2.27. The lowest BCUT2D eigenvalue weighted by Crippen LogP contribution is -2.27. The molecule has 3 atom stereocenters. The quantitative estimate of drug-likeness (QED) is 0.873. The maximum absolute atomic E-state index is 10.2. The van der Waals surface area contributed by atoms with E-state index in [2.05, 4.69) is 4.90 Å². The van der Waals surface area contributed by atoms with Crippen molar-refractivity contribution in [2.24, 2.45) is 0 Å². The van der Waals surface area contributed by atoms with E-state index in [0.717, 1.165) is 25.2 Å². The molecule has 4 nitrogen and oxygen atoms in total. The van der Waals surface area contributed by atoms with Gasteiger partial charge in [-0.3, -0.25) is 4.90 Å². The van der Waals surface area contributed by atoms with E-state index in [1.54, 1.807) is 26.4 Å². The third-order valence-corrected chi connectivity index (χ3v) is 4.12. The highest BCUT2D eigenvalue weighted by molar-refractivity contribution is 6.30. The van der Waals surface area contributed by atoms with Crippen molar-refractivity contribution in [2.75, 3.05) is 33.9 Å². The van der Waals surface area contributed by atoms with Gasteiger partial charge >= 0.3 is 0 Å². The normalized spacial score (nSPS) is 25.0. The van der Waals surface area contributed by atoms with Gasteiger partial charge in [-0.2, -0.15) is 0 Å². The van der Waals surface area contributed by atoms with E-state index in [9.17, 15) is 5.11 Å². The summed E-state index contributed by atoms with van der Waals surface area (Å²) in [7, 11) is 3.42. The van der Waals surface area contributed by atoms with Crippen LogP contribution in [-0.2, 0) is 9.47 Å². The van der Waals surface area contributed by atoms with E-state index < -0.39 is 6.10 Å². The van der Waals surface area contributed by atoms with Gasteiger partial charge in [-0.15, -0.1) is 0 Å². The summed E-state index contributed by atoms with van der Waals surface area (Å²) in [6.45, 7) is 2.52. The second-order valence-electron chi connectivity index (χ2n) is 5.16. The van der Waals surface area contributed by atoms with Gasteiger partial charge in [0, 0.05) is 38.9 Å². The number of aliphatic hydroxyl groups is 1. The molecule has 0 aromatic heterocycles. The Kier molecular flexibility index (Phi) is 5.81. The van der Waals surface area contributed by atoms with Gasteiger partial charge in [-0.25, -0.2) is 0 Å². The van der Waals surface area contributed by atoms with Crippen molar-refractivity contribution in [1.29, 1.82) is 0 Å². The minimum absolute atomic E-state index is 0.118. The van der Waals surface area contributed by atoms with Gasteiger partial charge in [0.2, 0.25) is 0 Å². The van der Waals surface area contributed by atoms with Crippen LogP contribution < -0.4 is 0 Å². The zero-order valence-electron chi connectivity index (χ0n) is 12.0. The molecule has 0 saturated carbocycles. The molecular weight excluding hydrogens is 278 g/mol. The highest BCUT2D eigenvalue weighted by Gasteiger charge is 2.32. The Bertz CT molecular complexity index is 400. The van der Waals surface area contributed by atoms with Crippen molar-refractivity contribution in [3.8, 4) is 0 Å². The lowest BCUT2D eigenvalue weighted by molar-refractivity contribution is -0.00461. The average molecular weight is 300 g/mol. The number of methoxy groups -OCH3 is 2. The van der Waals surface area contributed by atoms with E-state index in [1.807, 2.05) is 12.1 Å². The number of halogens is 1. The molecule has 1 N–H and O–H groups in total. The third kappa shape index (κ3) is 3.93. The predicted molar refractivity (Wildman–Crippen MR) is 79.1 cm³/mol. The van der Waals surface area contributed by atoms with Gasteiger partial charge in [0.15, 0.2) is 0 Å². The number of aliphatic hydroxyl groups excluding tert-OH is 1. The first-order valence-electron chi connectivity index (χ1n) is 6.85. The molecule has 1 aromatic carbocycles. The summed E-state index contributed by atoms with van der Waals surface area (Å²) >= 11 is 5.84. The van der Waals surface area contributed by atoms with Gasteiger partial charge in [0.05, 0.1) is 18.3 Å². The van der Waals surface area contributed by atoms with Gasteiger partial charge in [-0.05, 0) is 24.1 Å². The van der Waals surface area contributed by atoms with Gasteiger partial charge in [0.1, 0.15) is 0 Å². The lowest BCUT2D eigenvalue weighted by Gasteiger charge is -2.18. The van der Waals surface area contributed by atoms with Crippen LogP contribution in [0.5, 0.6) is 0 Å². The Morgan fingerprint density at radius 3 is 2.25 bits per heavy atom. The molecular formula is C15H22ClNO3. The molecule has 1 aliphatic rings. The smallest absolute Gasteiger partial charge is 0.0971 e. The molecule has 0 radical (unpaired) electrons. The van der Waals surface area contributed by atoms with Crippen molar-refractivity contribution < 1.29 is 14.6 Å². The molecule has 1 aliphatic heterocycles. The molecule has 1 heterocycles. The van der Waals surface area contributed by atoms with Crippen molar-refractivity contribution in [1.82, 2.24) is 4.90 Å². The Morgan fingerprint density at radius 2 is 1.75 bits per heavy atom. The van der Waals surface area contributed by atoms with Gasteiger partial charge in [0.25, 0.3) is 0 Å². The Balaban J connectivity index is 1.82. The Hall–Kier alpha value is -0.650. The second-order valence-corrected chi connectivity index (χ2v) is 5.60. The summed E-state index contributed by atoms with van der Waals surface area (Å²) < 4.78 is 10.8. The van der Waals surface area contributed by atoms with Gasteiger partial charge < -0.3 is 14.6 Å². The highest BCUT2D eigenvalue weighted by Crippen LogP contribution is 2.21. The molecule has 1 aromatic rings. The predicted octanol–water partition coefficient (Wildman–Crippen LogP) is 2.11. The number of hydrogen-bond acceptors (Lipinski definition) is 4. The number of benzene rings is 1. The van der Waals surface area contributed by atoms with E-state index in [1.165, 1.54) is 0 Å². The van der Waals surface area contributed by atoms with Crippen LogP contribution in [0.15, 0.2) is 24.3 Å². The first-order chi connectivity index (χ1) is 9.63. The number of rotatable bonds is 6. The second kappa shape index (κ2) is 7.38. The fourth-order valence-electron chi connectivity index (χ4n) is 2.61. The molecule has 3 unspecified atom stereocenters. The van der Waals surface area contributed by atoms with Crippen LogP contribution in [0.3, 0.4) is 0 Å². The van der Waals surface area contributed by atoms with Crippen LogP contribution in [0.1, 0.15) is 18.1 Å². The summed E-state index contributed by atoms with van der Waals surface area (Å²) in [5, 5.41) is 10.9. The van der Waals surface area contributed by atoms with Crippen LogP contribution >= 0.6 is 11.6 Å². The minimum Gasteiger partial charge on any atom is -0.388 e. The zero-order valence-corrected chi connectivity index (χ0v) is 12.7. The van der Waals surface area contributed by atoms with E-state index in [-0.39, 0.29) is 12.2 Å². The summed E-state index contributed by atoms with van der Waals surface area (Å²) in [6.07, 6.45) is 0.462. The lowest BCUT2D eigenvalue weighted by atomic mass is 10.1. The van der Waals surface area contributed by atoms with Crippen molar-refractivity contribution >= 4 is 11.6 Å². The molecule has 1 saturated heterocycles. The van der Waals surface area contributed by atoms with Crippen LogP contribution in [0.4, 0.5) is 0 Å². The molecule has 0 aliphatic carbocycles. The minimum atomic E-state index is -0.463. The van der Waals surface area contributed by atoms with Gasteiger partial charge in [-0.1, -0.05) is 23.7 Å². The molecule has 112 valence electrons. The fourth-order valence-corrected chi connectivity index (χ4v) is 2.74. The van der Waals surface area contributed by atoms with Crippen molar-refractivity contribution in [2.45, 2.75) is 24.7 Å². The first-order valence-corrected chi connectivity index (χ1v) is 7.23. The zero-order chi connectivity index (χ0) is 14.5. The number of likely N-dealkylation sites (tertiary alicyclic amines) is 1. The maximum atomic E-state index is 10.2. The number of ether oxygens (including phenoxy) is 2. The van der Waals surface area contributed by atoms with Crippen LogP contribution in [-0.4, -0.2) is 56.1 Å². The van der Waals surface area contributed by atoms with Crippen molar-refractivity contribution in [3.05, 3.63) is 34.9 Å². The monoisotopic (exact) mass is 299 g/mol. The maximum Gasteiger partial charge on any atom is 0.0971 e. The van der Waals surface area contributed by atoms with Crippen LogP contribution in [0.25, 0.3) is 0 Å². The summed E-state index contributed by atoms with van der Waals surface area (Å²) in [6, 6.07) is 7.34. The number of hydrogen-bond donors (Lipinski definition) is 1. The SMILES string of the molecule is COC1CN(CCC(O)c2ccc(Cl)cc2)CC1OC. The largest absolute Gasteiger partial charge is 0.388 e. The summed E-state index contributed by atoms with van der Waals surface area (Å²) in [5.41, 5.74) is 0.903. The first kappa shape index (κ1) is 15.7. The van der Waals surface area contributed by atoms with Crippen LogP contribution in [0.2, 0.25) is 5.02 Å². The highest BCUT2D eigenvalue weighted by atomic mass is 35.5. The summed E-state index contributed by atoms with van der Waals surface area (Å²) in [5.74, 6) is 0. The topological polar surface area (TPSA) is 41.9 Å². The van der Waals surface area contributed by atoms with E-state index in [4.69, 9.17) is 21.1 Å². The molecule has 0 spiro atoms. The van der Waals surface area contributed by atoms with Crippen molar-refractivity contribution in [3.63, 3.8) is 0 Å². The molecule has 20 heavy (non-hydrogen) atoms. The fraction of sp³-hybridized carbons (Fsp3) is 0.600. The van der Waals surface area contributed by atoms with Crippen LogP contribution in [0, 0.1) is 0 Å². The third-order valence-electron chi connectivity index (χ3n) is 3.87. The Labute approximate surface area is 125 Å². The Morgan fingerprint density at radius 1 is 1.20 bits per heavy atom. The molecule has 0 amide bonds. The molecule has 1 fully saturated rings.